The van der Waals surface area contributed by atoms with Gasteiger partial charge in [0.15, 0.2) is 0 Å². The standard InChI is InChI=1S/C18H28O2/c1-5-7-15(12-19)18-11-17(10-9-14(3)4)20-13-16(18)8-6-2/h6-8,11,14,19H,5,9-10,12-13H2,1-4H3/b8-6-,15-7+. The molecule has 0 saturated heterocycles. The molecule has 20 heavy (non-hydrogen) atoms. The number of aliphatic hydroxyl groups excluding tert-OH is 1. The number of ether oxygens (including phenoxy) is 1. The lowest BCUT2D eigenvalue weighted by atomic mass is 9.95. The van der Waals surface area contributed by atoms with E-state index in [1.807, 2.05) is 13.0 Å². The molecule has 0 aromatic rings. The van der Waals surface area contributed by atoms with Crippen molar-refractivity contribution in [3.8, 4) is 0 Å². The summed E-state index contributed by atoms with van der Waals surface area (Å²) < 4.78 is 5.84. The SMILES string of the molecule is C/C=C\C1=C(C(=C/CC)/CO)C=C(CCC(C)C)OC1. The molecule has 2 nitrogen and oxygen atoms in total. The Kier molecular flexibility index (Phi) is 7.38. The highest BCUT2D eigenvalue weighted by molar-refractivity contribution is 5.49. The number of allylic oxidation sites excluding steroid dienone is 4. The molecule has 0 amide bonds. The molecule has 1 heterocycles. The van der Waals surface area contributed by atoms with Gasteiger partial charge in [0.05, 0.1) is 12.4 Å². The molecule has 1 aliphatic heterocycles. The van der Waals surface area contributed by atoms with Gasteiger partial charge >= 0.3 is 0 Å². The Balaban J connectivity index is 3.04. The van der Waals surface area contributed by atoms with E-state index in [1.54, 1.807) is 0 Å². The van der Waals surface area contributed by atoms with Gasteiger partial charge in [-0.15, -0.1) is 0 Å². The highest BCUT2D eigenvalue weighted by atomic mass is 16.5. The Morgan fingerprint density at radius 3 is 2.75 bits per heavy atom. The highest BCUT2D eigenvalue weighted by Crippen LogP contribution is 2.27. The summed E-state index contributed by atoms with van der Waals surface area (Å²) in [5.74, 6) is 1.71. The average molecular weight is 276 g/mol. The first kappa shape index (κ1) is 16.8. The van der Waals surface area contributed by atoms with Crippen LogP contribution in [0.3, 0.4) is 0 Å². The molecule has 0 aliphatic carbocycles. The summed E-state index contributed by atoms with van der Waals surface area (Å²) in [5, 5.41) is 9.60. The Morgan fingerprint density at radius 1 is 1.45 bits per heavy atom. The molecular weight excluding hydrogens is 248 g/mol. The maximum absolute atomic E-state index is 9.60. The maximum atomic E-state index is 9.60. The second-order valence-electron chi connectivity index (χ2n) is 5.57. The molecule has 0 atom stereocenters. The molecule has 1 rings (SSSR count). The van der Waals surface area contributed by atoms with E-state index in [1.165, 1.54) is 0 Å². The third-order valence-electron chi connectivity index (χ3n) is 3.37. The van der Waals surface area contributed by atoms with E-state index in [0.717, 1.165) is 41.7 Å². The highest BCUT2D eigenvalue weighted by Gasteiger charge is 2.15. The normalized spacial score (nSPS) is 16.9. The first-order chi connectivity index (χ1) is 9.62. The van der Waals surface area contributed by atoms with Gasteiger partial charge in [-0.3, -0.25) is 0 Å². The van der Waals surface area contributed by atoms with Crippen molar-refractivity contribution in [2.75, 3.05) is 13.2 Å². The molecule has 0 aromatic heterocycles. The predicted molar refractivity (Wildman–Crippen MR) is 85.4 cm³/mol. The van der Waals surface area contributed by atoms with Crippen LogP contribution in [-0.2, 0) is 4.74 Å². The average Bonchev–Trinajstić information content (AvgIpc) is 2.44. The molecule has 0 aromatic carbocycles. The van der Waals surface area contributed by atoms with Crippen molar-refractivity contribution in [2.24, 2.45) is 5.92 Å². The lowest BCUT2D eigenvalue weighted by Gasteiger charge is -2.21. The third kappa shape index (κ3) is 5.01. The molecule has 2 heteroatoms. The van der Waals surface area contributed by atoms with Crippen LogP contribution in [0.5, 0.6) is 0 Å². The van der Waals surface area contributed by atoms with Crippen LogP contribution < -0.4 is 0 Å². The Bertz CT molecular complexity index is 423. The smallest absolute Gasteiger partial charge is 0.113 e. The minimum Gasteiger partial charge on any atom is -0.493 e. The zero-order chi connectivity index (χ0) is 15.0. The van der Waals surface area contributed by atoms with Crippen LogP contribution >= 0.6 is 0 Å². The number of hydrogen-bond donors (Lipinski definition) is 1. The lowest BCUT2D eigenvalue weighted by Crippen LogP contribution is -2.10. The molecule has 1 N–H and O–H groups in total. The summed E-state index contributed by atoms with van der Waals surface area (Å²) in [7, 11) is 0. The van der Waals surface area contributed by atoms with Crippen molar-refractivity contribution in [2.45, 2.75) is 47.0 Å². The van der Waals surface area contributed by atoms with Crippen molar-refractivity contribution >= 4 is 0 Å². The van der Waals surface area contributed by atoms with Crippen molar-refractivity contribution < 1.29 is 9.84 Å². The molecule has 1 aliphatic rings. The lowest BCUT2D eigenvalue weighted by molar-refractivity contribution is 0.219. The summed E-state index contributed by atoms with van der Waals surface area (Å²) in [4.78, 5) is 0. The van der Waals surface area contributed by atoms with Crippen molar-refractivity contribution in [1.82, 2.24) is 0 Å². The van der Waals surface area contributed by atoms with E-state index in [9.17, 15) is 5.11 Å². The summed E-state index contributed by atoms with van der Waals surface area (Å²) in [5.41, 5.74) is 3.29. The molecule has 0 spiro atoms. The van der Waals surface area contributed by atoms with E-state index in [4.69, 9.17) is 4.74 Å². The molecular formula is C18H28O2. The van der Waals surface area contributed by atoms with Gasteiger partial charge < -0.3 is 9.84 Å². The summed E-state index contributed by atoms with van der Waals surface area (Å²) in [6.07, 6.45) is 11.3. The zero-order valence-electron chi connectivity index (χ0n) is 13.3. The number of rotatable bonds is 7. The molecule has 0 saturated carbocycles. The van der Waals surface area contributed by atoms with Crippen LogP contribution in [0, 0.1) is 5.92 Å². The minimum absolute atomic E-state index is 0.0815. The van der Waals surface area contributed by atoms with E-state index in [0.29, 0.717) is 12.5 Å². The Morgan fingerprint density at radius 2 is 2.20 bits per heavy atom. The summed E-state index contributed by atoms with van der Waals surface area (Å²) in [6.45, 7) is 9.23. The maximum Gasteiger partial charge on any atom is 0.113 e. The van der Waals surface area contributed by atoms with Crippen LogP contribution in [0.15, 0.2) is 46.8 Å². The van der Waals surface area contributed by atoms with Gasteiger partial charge in [-0.05, 0) is 48.5 Å². The van der Waals surface area contributed by atoms with Gasteiger partial charge in [0.2, 0.25) is 0 Å². The van der Waals surface area contributed by atoms with E-state index >= 15 is 0 Å². The van der Waals surface area contributed by atoms with Gasteiger partial charge in [0, 0.05) is 6.42 Å². The quantitative estimate of drug-likeness (QED) is 0.740. The number of hydrogen-bond acceptors (Lipinski definition) is 2. The Labute approximate surface area is 123 Å². The molecule has 0 unspecified atom stereocenters. The van der Waals surface area contributed by atoms with E-state index < -0.39 is 0 Å². The fourth-order valence-electron chi connectivity index (χ4n) is 2.26. The second-order valence-corrected chi connectivity index (χ2v) is 5.57. The van der Waals surface area contributed by atoms with Gasteiger partial charge in [0.25, 0.3) is 0 Å². The topological polar surface area (TPSA) is 29.5 Å². The Hall–Kier alpha value is -1.28. The first-order valence-electron chi connectivity index (χ1n) is 7.61. The zero-order valence-corrected chi connectivity index (χ0v) is 13.3. The van der Waals surface area contributed by atoms with Crippen molar-refractivity contribution in [3.05, 3.63) is 46.8 Å². The van der Waals surface area contributed by atoms with Crippen LogP contribution in [0.4, 0.5) is 0 Å². The van der Waals surface area contributed by atoms with E-state index in [2.05, 4.69) is 39.0 Å². The van der Waals surface area contributed by atoms with E-state index in [-0.39, 0.29) is 6.61 Å². The van der Waals surface area contributed by atoms with Crippen molar-refractivity contribution in [1.29, 1.82) is 0 Å². The molecule has 0 bridgehead atoms. The van der Waals surface area contributed by atoms with Crippen LogP contribution in [-0.4, -0.2) is 18.3 Å². The molecule has 0 fully saturated rings. The number of aliphatic hydroxyl groups is 1. The van der Waals surface area contributed by atoms with Gasteiger partial charge in [-0.1, -0.05) is 39.0 Å². The van der Waals surface area contributed by atoms with Gasteiger partial charge in [-0.25, -0.2) is 0 Å². The third-order valence-corrected chi connectivity index (χ3v) is 3.37. The van der Waals surface area contributed by atoms with Gasteiger partial charge in [-0.2, -0.15) is 0 Å². The fraction of sp³-hybridized carbons (Fsp3) is 0.556. The fourth-order valence-corrected chi connectivity index (χ4v) is 2.26. The van der Waals surface area contributed by atoms with Crippen LogP contribution in [0.2, 0.25) is 0 Å². The summed E-state index contributed by atoms with van der Waals surface area (Å²) in [6, 6.07) is 0. The summed E-state index contributed by atoms with van der Waals surface area (Å²) >= 11 is 0. The van der Waals surface area contributed by atoms with Gasteiger partial charge in [0.1, 0.15) is 6.61 Å². The molecule has 0 radical (unpaired) electrons. The molecule has 112 valence electrons. The first-order valence-corrected chi connectivity index (χ1v) is 7.61. The van der Waals surface area contributed by atoms with Crippen LogP contribution in [0.1, 0.15) is 47.0 Å². The van der Waals surface area contributed by atoms with Crippen molar-refractivity contribution in [3.63, 3.8) is 0 Å². The predicted octanol–water partition coefficient (Wildman–Crippen LogP) is 4.54. The monoisotopic (exact) mass is 276 g/mol. The largest absolute Gasteiger partial charge is 0.493 e. The second kappa shape index (κ2) is 8.80. The minimum atomic E-state index is 0.0815. The van der Waals surface area contributed by atoms with Crippen LogP contribution in [0.25, 0.3) is 0 Å².